The third-order valence-electron chi connectivity index (χ3n) is 12.2. The summed E-state index contributed by atoms with van der Waals surface area (Å²) in [6.07, 6.45) is 0. The minimum absolute atomic E-state index is 0.889. The van der Waals surface area contributed by atoms with Gasteiger partial charge in [-0.25, -0.2) is 0 Å². The zero-order valence-electron chi connectivity index (χ0n) is 33.2. The molecule has 0 saturated heterocycles. The molecule has 0 saturated carbocycles. The van der Waals surface area contributed by atoms with Crippen LogP contribution >= 0.6 is 0 Å². The van der Waals surface area contributed by atoms with Gasteiger partial charge in [-0.05, 0) is 111 Å². The Hall–Kier alpha value is -8.14. The highest BCUT2D eigenvalue weighted by Crippen LogP contribution is 2.42. The van der Waals surface area contributed by atoms with E-state index in [0.29, 0.717) is 0 Å². The Kier molecular flexibility index (Phi) is 8.17. The standard InChI is InChI=1S/C58H38N2O/c1-3-13-42(14-4-1)50-19-11-20-53-54-37-45(28-35-57(54)61-58(50)53)41-26-31-48(32-27-41)59(47-29-24-40(25-30-47)44-23-22-39-12-7-8-15-43(39)36-44)49-33-34-52-51-18-9-10-21-55(51)60(56(52)38-49)46-16-5-2-6-17-46/h1-38H. The second kappa shape index (κ2) is 14.3. The van der Waals surface area contributed by atoms with E-state index < -0.39 is 0 Å². The molecule has 2 aromatic heterocycles. The molecule has 0 aliphatic rings. The summed E-state index contributed by atoms with van der Waals surface area (Å²) in [5.74, 6) is 0. The van der Waals surface area contributed by atoms with Crippen molar-refractivity contribution >= 4 is 71.6 Å². The SMILES string of the molecule is c1ccc(-c2cccc3c2oc2ccc(-c4ccc(N(c5ccc(-c6ccc7ccccc7c6)cc5)c5ccc6c7ccccc7n(-c7ccccc7)c6c5)cc4)cc23)cc1. The van der Waals surface area contributed by atoms with E-state index in [-0.39, 0.29) is 0 Å². The van der Waals surface area contributed by atoms with Gasteiger partial charge >= 0.3 is 0 Å². The second-order valence-corrected chi connectivity index (χ2v) is 15.7. The Morgan fingerprint density at radius 1 is 0.328 bits per heavy atom. The first-order valence-electron chi connectivity index (χ1n) is 20.8. The van der Waals surface area contributed by atoms with Crippen molar-refractivity contribution in [1.29, 1.82) is 0 Å². The van der Waals surface area contributed by atoms with Crippen molar-refractivity contribution in [1.82, 2.24) is 4.57 Å². The van der Waals surface area contributed by atoms with E-state index in [2.05, 4.69) is 234 Å². The van der Waals surface area contributed by atoms with Gasteiger partial charge in [-0.2, -0.15) is 0 Å². The molecule has 3 nitrogen and oxygen atoms in total. The fraction of sp³-hybridized carbons (Fsp3) is 0. The Balaban J connectivity index is 0.974. The molecular weight excluding hydrogens is 741 g/mol. The first-order chi connectivity index (χ1) is 30.2. The summed E-state index contributed by atoms with van der Waals surface area (Å²) in [7, 11) is 0. The summed E-state index contributed by atoms with van der Waals surface area (Å²) >= 11 is 0. The van der Waals surface area contributed by atoms with Crippen LogP contribution in [0, 0.1) is 0 Å². The molecule has 286 valence electrons. The lowest BCUT2D eigenvalue weighted by atomic mass is 9.99. The van der Waals surface area contributed by atoms with E-state index in [1.807, 2.05) is 6.07 Å². The number of fused-ring (bicyclic) bond motifs is 7. The van der Waals surface area contributed by atoms with Crippen LogP contribution in [0.15, 0.2) is 235 Å². The van der Waals surface area contributed by atoms with Crippen molar-refractivity contribution in [2.75, 3.05) is 4.90 Å². The molecule has 10 aromatic carbocycles. The maximum atomic E-state index is 6.51. The van der Waals surface area contributed by atoms with Crippen LogP contribution in [0.3, 0.4) is 0 Å². The molecule has 0 spiro atoms. The first-order valence-corrected chi connectivity index (χ1v) is 20.8. The molecule has 3 heteroatoms. The van der Waals surface area contributed by atoms with Crippen LogP contribution in [0.4, 0.5) is 17.1 Å². The molecule has 0 amide bonds. The molecule has 0 aliphatic carbocycles. The summed E-state index contributed by atoms with van der Waals surface area (Å²) in [6.45, 7) is 0. The number of benzene rings is 10. The van der Waals surface area contributed by atoms with Gasteiger partial charge in [-0.15, -0.1) is 0 Å². The predicted octanol–water partition coefficient (Wildman–Crippen LogP) is 16.3. The zero-order chi connectivity index (χ0) is 40.3. The molecular formula is C58H38N2O. The third-order valence-corrected chi connectivity index (χ3v) is 12.2. The Morgan fingerprint density at radius 3 is 1.69 bits per heavy atom. The maximum absolute atomic E-state index is 6.51. The minimum atomic E-state index is 0.889. The number of aromatic nitrogens is 1. The smallest absolute Gasteiger partial charge is 0.143 e. The van der Waals surface area contributed by atoms with Crippen LogP contribution in [0.1, 0.15) is 0 Å². The van der Waals surface area contributed by atoms with Crippen LogP contribution in [0.5, 0.6) is 0 Å². The van der Waals surface area contributed by atoms with Crippen molar-refractivity contribution in [3.63, 3.8) is 0 Å². The van der Waals surface area contributed by atoms with Crippen LogP contribution in [0.2, 0.25) is 0 Å². The summed E-state index contributed by atoms with van der Waals surface area (Å²) in [5, 5.41) is 7.19. The highest BCUT2D eigenvalue weighted by Gasteiger charge is 2.19. The van der Waals surface area contributed by atoms with Crippen molar-refractivity contribution in [3.8, 4) is 39.1 Å². The Morgan fingerprint density at radius 2 is 0.918 bits per heavy atom. The van der Waals surface area contributed by atoms with Crippen molar-refractivity contribution < 1.29 is 4.42 Å². The number of hydrogen-bond donors (Lipinski definition) is 0. The van der Waals surface area contributed by atoms with Gasteiger partial charge in [0.05, 0.1) is 11.0 Å². The van der Waals surface area contributed by atoms with Crippen molar-refractivity contribution in [3.05, 3.63) is 231 Å². The number of rotatable bonds is 7. The quantitative estimate of drug-likeness (QED) is 0.161. The fourth-order valence-electron chi connectivity index (χ4n) is 9.20. The highest BCUT2D eigenvalue weighted by molar-refractivity contribution is 6.11. The second-order valence-electron chi connectivity index (χ2n) is 15.7. The zero-order valence-corrected chi connectivity index (χ0v) is 33.2. The van der Waals surface area contributed by atoms with Crippen molar-refractivity contribution in [2.45, 2.75) is 0 Å². The number of furan rings is 1. The van der Waals surface area contributed by atoms with Gasteiger partial charge < -0.3 is 13.9 Å². The van der Waals surface area contributed by atoms with E-state index >= 15 is 0 Å². The molecule has 0 atom stereocenters. The molecule has 12 rings (SSSR count). The number of anilines is 3. The van der Waals surface area contributed by atoms with Gasteiger partial charge in [0.1, 0.15) is 11.2 Å². The van der Waals surface area contributed by atoms with E-state index in [4.69, 9.17) is 4.42 Å². The lowest BCUT2D eigenvalue weighted by molar-refractivity contribution is 0.670. The number of hydrogen-bond acceptors (Lipinski definition) is 2. The lowest BCUT2D eigenvalue weighted by Crippen LogP contribution is -2.10. The third kappa shape index (κ3) is 5.98. The Bertz CT molecular complexity index is 3560. The summed E-state index contributed by atoms with van der Waals surface area (Å²) < 4.78 is 8.90. The first kappa shape index (κ1) is 34.9. The molecule has 61 heavy (non-hydrogen) atoms. The van der Waals surface area contributed by atoms with Gasteiger partial charge in [0.25, 0.3) is 0 Å². The molecule has 0 bridgehead atoms. The van der Waals surface area contributed by atoms with Crippen molar-refractivity contribution in [2.24, 2.45) is 0 Å². The van der Waals surface area contributed by atoms with Gasteiger partial charge in [0.15, 0.2) is 0 Å². The molecule has 0 radical (unpaired) electrons. The molecule has 0 N–H and O–H groups in total. The molecule has 0 fully saturated rings. The van der Waals surface area contributed by atoms with E-state index in [9.17, 15) is 0 Å². The van der Waals surface area contributed by atoms with E-state index in [0.717, 1.165) is 72.5 Å². The summed E-state index contributed by atoms with van der Waals surface area (Å²) in [6, 6.07) is 82.9. The largest absolute Gasteiger partial charge is 0.455 e. The average molecular weight is 779 g/mol. The predicted molar refractivity (Wildman–Crippen MR) is 257 cm³/mol. The monoisotopic (exact) mass is 778 g/mol. The van der Waals surface area contributed by atoms with Gasteiger partial charge in [0, 0.05) is 49.9 Å². The van der Waals surface area contributed by atoms with E-state index in [1.54, 1.807) is 0 Å². The summed E-state index contributed by atoms with van der Waals surface area (Å²) in [4.78, 5) is 2.37. The average Bonchev–Trinajstić information content (AvgIpc) is 3.88. The van der Waals surface area contributed by atoms with Gasteiger partial charge in [-0.1, -0.05) is 158 Å². The highest BCUT2D eigenvalue weighted by atomic mass is 16.3. The maximum Gasteiger partial charge on any atom is 0.143 e. The van der Waals surface area contributed by atoms with Gasteiger partial charge in [-0.3, -0.25) is 0 Å². The number of para-hydroxylation sites is 3. The molecule has 0 aliphatic heterocycles. The fourth-order valence-corrected chi connectivity index (χ4v) is 9.20. The van der Waals surface area contributed by atoms with Crippen LogP contribution < -0.4 is 4.90 Å². The lowest BCUT2D eigenvalue weighted by Gasteiger charge is -2.26. The Labute approximate surface area is 353 Å². The minimum Gasteiger partial charge on any atom is -0.455 e. The molecule has 2 heterocycles. The summed E-state index contributed by atoms with van der Waals surface area (Å²) in [5.41, 5.74) is 15.5. The molecule has 12 aromatic rings. The topological polar surface area (TPSA) is 21.3 Å². The van der Waals surface area contributed by atoms with Crippen LogP contribution in [0.25, 0.3) is 93.6 Å². The van der Waals surface area contributed by atoms with Crippen LogP contribution in [-0.2, 0) is 0 Å². The number of nitrogens with zero attached hydrogens (tertiary/aromatic N) is 2. The normalized spacial score (nSPS) is 11.6. The van der Waals surface area contributed by atoms with Crippen LogP contribution in [-0.4, -0.2) is 4.57 Å². The van der Waals surface area contributed by atoms with E-state index in [1.165, 1.54) is 38.2 Å². The van der Waals surface area contributed by atoms with Gasteiger partial charge in [0.2, 0.25) is 0 Å². The molecule has 0 unspecified atom stereocenters.